The lowest BCUT2D eigenvalue weighted by Gasteiger charge is -2.03. The van der Waals surface area contributed by atoms with E-state index in [1.54, 1.807) is 19.1 Å². The molecule has 0 spiro atoms. The maximum Gasteiger partial charge on any atom is 0.343 e. The summed E-state index contributed by atoms with van der Waals surface area (Å²) in [5.74, 6) is 1.35. The topological polar surface area (TPSA) is 149 Å². The van der Waals surface area contributed by atoms with Crippen LogP contribution in [0.1, 0.15) is 6.92 Å². The Morgan fingerprint density at radius 2 is 2.20 bits per heavy atom. The largest absolute Gasteiger partial charge is 0.395 e. The normalized spacial score (nSPS) is 11.9. The van der Waals surface area contributed by atoms with Crippen LogP contribution in [-0.4, -0.2) is 58.4 Å². The van der Waals surface area contributed by atoms with Crippen LogP contribution in [-0.2, 0) is 7.05 Å². The van der Waals surface area contributed by atoms with Gasteiger partial charge in [-0.15, -0.1) is 15.3 Å². The number of aliphatic imine (C=N–C) groups is 1. The molecule has 0 aliphatic carbocycles. The minimum Gasteiger partial charge on any atom is -0.395 e. The van der Waals surface area contributed by atoms with Crippen LogP contribution in [0.15, 0.2) is 23.3 Å². The molecule has 0 atom stereocenters. The van der Waals surface area contributed by atoms with Gasteiger partial charge in [0.15, 0.2) is 11.5 Å². The molecule has 0 saturated carbocycles. The van der Waals surface area contributed by atoms with Crippen molar-refractivity contribution in [3.8, 4) is 11.6 Å². The van der Waals surface area contributed by atoms with Crippen molar-refractivity contribution in [2.45, 2.75) is 6.92 Å². The van der Waals surface area contributed by atoms with Crippen LogP contribution in [0.5, 0.6) is 0 Å². The third-order valence-electron chi connectivity index (χ3n) is 3.37. The SMILES string of the molecule is CC(=Nc1ccc2nnc(-c3ncc([N+](=O)[O-])n3C)n2n1)NCCO. The van der Waals surface area contributed by atoms with Gasteiger partial charge in [0.2, 0.25) is 5.82 Å². The molecule has 0 aromatic carbocycles. The van der Waals surface area contributed by atoms with Crippen molar-refractivity contribution < 1.29 is 10.0 Å². The molecule has 3 aromatic rings. The Labute approximate surface area is 141 Å². The van der Waals surface area contributed by atoms with Gasteiger partial charge in [-0.25, -0.2) is 14.5 Å². The van der Waals surface area contributed by atoms with E-state index in [4.69, 9.17) is 5.11 Å². The first-order valence-corrected chi connectivity index (χ1v) is 7.30. The molecule has 0 amide bonds. The van der Waals surface area contributed by atoms with Gasteiger partial charge in [-0.3, -0.25) is 0 Å². The van der Waals surface area contributed by atoms with Gasteiger partial charge in [0, 0.05) is 6.54 Å². The third kappa shape index (κ3) is 3.14. The number of aliphatic hydroxyl groups excluding tert-OH is 1. The van der Waals surface area contributed by atoms with Crippen LogP contribution in [0.25, 0.3) is 17.3 Å². The summed E-state index contributed by atoms with van der Waals surface area (Å²) >= 11 is 0. The highest BCUT2D eigenvalue weighted by molar-refractivity contribution is 5.81. The number of hydrogen-bond donors (Lipinski definition) is 2. The average molecular weight is 345 g/mol. The van der Waals surface area contributed by atoms with Gasteiger partial charge in [-0.2, -0.15) is 4.52 Å². The summed E-state index contributed by atoms with van der Waals surface area (Å²) in [6.45, 7) is 2.12. The van der Waals surface area contributed by atoms with Crippen LogP contribution >= 0.6 is 0 Å². The van der Waals surface area contributed by atoms with Gasteiger partial charge in [0.05, 0.1) is 13.7 Å². The average Bonchev–Trinajstić information content (AvgIpc) is 3.15. The molecule has 0 bridgehead atoms. The number of fused-ring (bicyclic) bond motifs is 1. The number of amidine groups is 1. The Kier molecular flexibility index (Phi) is 4.35. The van der Waals surface area contributed by atoms with E-state index in [-0.39, 0.29) is 24.1 Å². The Hall–Kier alpha value is -3.41. The molecule has 0 aliphatic heterocycles. The molecule has 3 aromatic heterocycles. The Bertz CT molecular complexity index is 959. The van der Waals surface area contributed by atoms with Gasteiger partial charge in [0.1, 0.15) is 12.0 Å². The van der Waals surface area contributed by atoms with E-state index in [1.165, 1.54) is 16.1 Å². The van der Waals surface area contributed by atoms with Gasteiger partial charge in [-0.1, -0.05) is 0 Å². The van der Waals surface area contributed by atoms with E-state index < -0.39 is 4.92 Å². The molecule has 130 valence electrons. The van der Waals surface area contributed by atoms with Crippen LogP contribution in [0.4, 0.5) is 11.6 Å². The van der Waals surface area contributed by atoms with E-state index in [1.807, 2.05) is 0 Å². The zero-order valence-corrected chi connectivity index (χ0v) is 13.5. The minimum absolute atomic E-state index is 0.00709. The highest BCUT2D eigenvalue weighted by atomic mass is 16.6. The van der Waals surface area contributed by atoms with Crippen LogP contribution in [0.2, 0.25) is 0 Å². The van der Waals surface area contributed by atoms with Crippen LogP contribution < -0.4 is 5.32 Å². The third-order valence-corrected chi connectivity index (χ3v) is 3.37. The number of nitro groups is 1. The Morgan fingerprint density at radius 3 is 2.88 bits per heavy atom. The van der Waals surface area contributed by atoms with E-state index >= 15 is 0 Å². The summed E-state index contributed by atoms with van der Waals surface area (Å²) in [5.41, 5.74) is 0.459. The van der Waals surface area contributed by atoms with Gasteiger partial charge >= 0.3 is 5.82 Å². The van der Waals surface area contributed by atoms with Crippen molar-refractivity contribution >= 4 is 23.1 Å². The standard InChI is InChI=1S/C13H15N9O3/c1-8(14-5-6-23)16-9-3-4-10-17-18-13(21(10)19-9)12-15-7-11(20(12)2)22(24)25/h3-4,7,23H,5-6H2,1-2H3,(H,14,16,19). The molecule has 0 aliphatic rings. The summed E-state index contributed by atoms with van der Waals surface area (Å²) < 4.78 is 2.73. The monoisotopic (exact) mass is 345 g/mol. The second-order valence-corrected chi connectivity index (χ2v) is 5.09. The molecule has 2 N–H and O–H groups in total. The van der Waals surface area contributed by atoms with E-state index in [0.717, 1.165) is 6.20 Å². The number of nitrogens with zero attached hydrogens (tertiary/aromatic N) is 8. The Morgan fingerprint density at radius 1 is 1.40 bits per heavy atom. The first-order chi connectivity index (χ1) is 12.0. The van der Waals surface area contributed by atoms with Crippen molar-refractivity contribution in [3.63, 3.8) is 0 Å². The van der Waals surface area contributed by atoms with Gasteiger partial charge in [0.25, 0.3) is 5.82 Å². The van der Waals surface area contributed by atoms with Crippen molar-refractivity contribution in [2.24, 2.45) is 12.0 Å². The van der Waals surface area contributed by atoms with E-state index in [9.17, 15) is 10.1 Å². The number of nitrogens with one attached hydrogen (secondary N) is 1. The first-order valence-electron chi connectivity index (χ1n) is 7.30. The van der Waals surface area contributed by atoms with Crippen molar-refractivity contribution in [1.29, 1.82) is 0 Å². The second-order valence-electron chi connectivity index (χ2n) is 5.09. The molecule has 12 nitrogen and oxygen atoms in total. The number of rotatable bonds is 5. The molecule has 0 saturated heterocycles. The maximum atomic E-state index is 11.0. The quantitative estimate of drug-likeness (QED) is 0.285. The molecule has 12 heteroatoms. The highest BCUT2D eigenvalue weighted by Gasteiger charge is 2.23. The zero-order valence-electron chi connectivity index (χ0n) is 13.5. The van der Waals surface area contributed by atoms with Crippen LogP contribution in [0, 0.1) is 10.1 Å². The number of hydrogen-bond acceptors (Lipinski definition) is 8. The van der Waals surface area contributed by atoms with Gasteiger partial charge in [-0.05, 0) is 24.0 Å². The molecule has 0 fully saturated rings. The van der Waals surface area contributed by atoms with Crippen LogP contribution in [0.3, 0.4) is 0 Å². The van der Waals surface area contributed by atoms with Crippen molar-refractivity contribution in [3.05, 3.63) is 28.4 Å². The number of imidazole rings is 1. The lowest BCUT2D eigenvalue weighted by molar-refractivity contribution is -0.391. The molecule has 3 rings (SSSR count). The fourth-order valence-electron chi connectivity index (χ4n) is 2.20. The predicted octanol–water partition coefficient (Wildman–Crippen LogP) is 0.0648. The lowest BCUT2D eigenvalue weighted by Crippen LogP contribution is -2.23. The van der Waals surface area contributed by atoms with E-state index in [0.29, 0.717) is 23.8 Å². The molecular weight excluding hydrogens is 330 g/mol. The smallest absolute Gasteiger partial charge is 0.343 e. The summed E-state index contributed by atoms with van der Waals surface area (Å²) in [6, 6.07) is 3.35. The summed E-state index contributed by atoms with van der Waals surface area (Å²) in [4.78, 5) is 18.8. The van der Waals surface area contributed by atoms with E-state index in [2.05, 4.69) is 30.6 Å². The molecule has 0 radical (unpaired) electrons. The lowest BCUT2D eigenvalue weighted by atomic mass is 10.5. The summed E-state index contributed by atoms with van der Waals surface area (Å²) in [7, 11) is 1.52. The predicted molar refractivity (Wildman–Crippen MR) is 87.5 cm³/mol. The minimum atomic E-state index is -0.529. The fourth-order valence-corrected chi connectivity index (χ4v) is 2.20. The second kappa shape index (κ2) is 6.60. The Balaban J connectivity index is 2.03. The first kappa shape index (κ1) is 16.4. The van der Waals surface area contributed by atoms with Crippen molar-refractivity contribution in [1.82, 2.24) is 34.7 Å². The summed E-state index contributed by atoms with van der Waals surface area (Å²) in [5, 5.41) is 35.0. The summed E-state index contributed by atoms with van der Waals surface area (Å²) in [6.07, 6.45) is 1.15. The highest BCUT2D eigenvalue weighted by Crippen LogP contribution is 2.21. The van der Waals surface area contributed by atoms with Gasteiger partial charge < -0.3 is 20.5 Å². The number of aliphatic hydroxyl groups is 1. The maximum absolute atomic E-state index is 11.0. The molecular formula is C13H15N9O3. The molecule has 25 heavy (non-hydrogen) atoms. The zero-order chi connectivity index (χ0) is 18.0. The van der Waals surface area contributed by atoms with Crippen molar-refractivity contribution in [2.75, 3.05) is 13.2 Å². The molecule has 0 unspecified atom stereocenters. The molecule has 3 heterocycles. The fraction of sp³-hybridized carbons (Fsp3) is 0.308. The number of aromatic nitrogens is 6.